The van der Waals surface area contributed by atoms with Crippen molar-refractivity contribution in [1.29, 1.82) is 0 Å². The number of hydrogen-bond donors (Lipinski definition) is 2. The van der Waals surface area contributed by atoms with E-state index in [0.29, 0.717) is 26.2 Å². The van der Waals surface area contributed by atoms with Crippen LogP contribution in [0.5, 0.6) is 0 Å². The van der Waals surface area contributed by atoms with Gasteiger partial charge in [0.1, 0.15) is 0 Å². The Kier molecular flexibility index (Phi) is 3.72. The first-order valence-corrected chi connectivity index (χ1v) is 6.85. The van der Waals surface area contributed by atoms with E-state index in [4.69, 9.17) is 10.5 Å². The van der Waals surface area contributed by atoms with E-state index in [1.54, 1.807) is 6.07 Å². The quantitative estimate of drug-likeness (QED) is 0.766. The van der Waals surface area contributed by atoms with Gasteiger partial charge in [-0.1, -0.05) is 6.07 Å². The molecule has 1 fully saturated rings. The summed E-state index contributed by atoms with van der Waals surface area (Å²) < 4.78 is 31.5. The Balaban J connectivity index is 2.12. The van der Waals surface area contributed by atoms with Crippen LogP contribution in [0.15, 0.2) is 23.4 Å². The molecule has 94 valence electrons. The van der Waals surface area contributed by atoms with E-state index in [1.807, 2.05) is 0 Å². The van der Waals surface area contributed by atoms with E-state index in [-0.39, 0.29) is 11.1 Å². The molecule has 1 saturated heterocycles. The van der Waals surface area contributed by atoms with Crippen molar-refractivity contribution in [2.75, 3.05) is 13.2 Å². The number of nitrogens with two attached hydrogens (primary N) is 1. The molecule has 0 aliphatic carbocycles. The molecule has 0 amide bonds. The third-order valence-corrected chi connectivity index (χ3v) is 4.00. The van der Waals surface area contributed by atoms with Crippen LogP contribution in [0.1, 0.15) is 12.0 Å². The summed E-state index contributed by atoms with van der Waals surface area (Å²) in [5, 5.41) is 0.0154. The zero-order chi connectivity index (χ0) is 12.3. The fourth-order valence-corrected chi connectivity index (χ4v) is 2.78. The highest BCUT2D eigenvalue weighted by atomic mass is 32.2. The molecule has 2 heterocycles. The van der Waals surface area contributed by atoms with Gasteiger partial charge in [-0.3, -0.25) is 0 Å². The number of sulfonamides is 1. The Morgan fingerprint density at radius 1 is 1.53 bits per heavy atom. The molecule has 0 aromatic carbocycles. The van der Waals surface area contributed by atoms with Crippen LogP contribution in [-0.2, 0) is 21.3 Å². The van der Waals surface area contributed by atoms with Gasteiger partial charge in [0.25, 0.3) is 10.0 Å². The molecule has 7 heteroatoms. The summed E-state index contributed by atoms with van der Waals surface area (Å²) in [6.45, 7) is 1.35. The number of nitrogens with one attached hydrogen (secondary N) is 1. The molecule has 0 saturated carbocycles. The molecule has 0 bridgehead atoms. The molecule has 1 aliphatic rings. The first kappa shape index (κ1) is 12.4. The van der Waals surface area contributed by atoms with E-state index in [9.17, 15) is 8.42 Å². The first-order valence-electron chi connectivity index (χ1n) is 5.37. The molecular formula is C10H15N3O3S. The lowest BCUT2D eigenvalue weighted by molar-refractivity contribution is 0.192. The molecule has 0 radical (unpaired) electrons. The number of nitrogens with zero attached hydrogens (tertiary/aromatic N) is 1. The van der Waals surface area contributed by atoms with Crippen LogP contribution in [0.4, 0.5) is 0 Å². The lowest BCUT2D eigenvalue weighted by Crippen LogP contribution is -2.35. The molecule has 2 rings (SSSR count). The summed E-state index contributed by atoms with van der Waals surface area (Å²) >= 11 is 0. The van der Waals surface area contributed by atoms with Crippen LogP contribution in [0, 0.1) is 0 Å². The highest BCUT2D eigenvalue weighted by Gasteiger charge is 2.24. The van der Waals surface area contributed by atoms with Gasteiger partial charge in [0, 0.05) is 25.4 Å². The number of aromatic nitrogens is 1. The molecule has 1 aliphatic heterocycles. The smallest absolute Gasteiger partial charge is 0.258 e. The summed E-state index contributed by atoms with van der Waals surface area (Å²) in [5.41, 5.74) is 6.22. The van der Waals surface area contributed by atoms with Crippen molar-refractivity contribution in [3.63, 3.8) is 0 Å². The predicted octanol–water partition coefficient (Wildman–Crippen LogP) is -0.393. The Morgan fingerprint density at radius 3 is 2.88 bits per heavy atom. The maximum atomic E-state index is 11.9. The van der Waals surface area contributed by atoms with E-state index in [2.05, 4.69) is 9.71 Å². The largest absolute Gasteiger partial charge is 0.380 e. The first-order chi connectivity index (χ1) is 8.12. The lowest BCUT2D eigenvalue weighted by atomic mass is 10.3. The number of ether oxygens (including phenoxy) is 1. The van der Waals surface area contributed by atoms with Gasteiger partial charge in [0.2, 0.25) is 0 Å². The monoisotopic (exact) mass is 257 g/mol. The van der Waals surface area contributed by atoms with E-state index in [0.717, 1.165) is 5.56 Å². The standard InChI is InChI=1S/C10H15N3O3S/c11-5-8-1-2-10(12-6-8)17(14,15)13-9-3-4-16-7-9/h1-2,6,9,13H,3-5,7,11H2. The summed E-state index contributed by atoms with van der Waals surface area (Å²) in [6.07, 6.45) is 2.17. The molecular weight excluding hydrogens is 242 g/mol. The number of pyridine rings is 1. The maximum absolute atomic E-state index is 11.9. The topological polar surface area (TPSA) is 94.3 Å². The Hall–Kier alpha value is -1.02. The van der Waals surface area contributed by atoms with E-state index >= 15 is 0 Å². The average molecular weight is 257 g/mol. The molecule has 1 aromatic rings. The summed E-state index contributed by atoms with van der Waals surface area (Å²) in [7, 11) is -3.55. The molecule has 17 heavy (non-hydrogen) atoms. The van der Waals surface area contributed by atoms with Gasteiger partial charge in [-0.2, -0.15) is 0 Å². The van der Waals surface area contributed by atoms with Crippen LogP contribution >= 0.6 is 0 Å². The van der Waals surface area contributed by atoms with Crippen molar-refractivity contribution in [3.8, 4) is 0 Å². The third kappa shape index (κ3) is 3.01. The minimum Gasteiger partial charge on any atom is -0.380 e. The van der Waals surface area contributed by atoms with Gasteiger partial charge in [-0.25, -0.2) is 18.1 Å². The molecule has 1 atom stereocenters. The second-order valence-electron chi connectivity index (χ2n) is 3.89. The van der Waals surface area contributed by atoms with Crippen LogP contribution in [0.3, 0.4) is 0 Å². The van der Waals surface area contributed by atoms with Crippen LogP contribution in [-0.4, -0.2) is 32.7 Å². The summed E-state index contributed by atoms with van der Waals surface area (Å²) in [5.74, 6) is 0. The third-order valence-electron chi connectivity index (χ3n) is 2.56. The van der Waals surface area contributed by atoms with Gasteiger partial charge >= 0.3 is 0 Å². The second-order valence-corrected chi connectivity index (χ2v) is 5.55. The van der Waals surface area contributed by atoms with Crippen LogP contribution in [0.2, 0.25) is 0 Å². The van der Waals surface area contributed by atoms with Gasteiger partial charge in [-0.05, 0) is 18.1 Å². The van der Waals surface area contributed by atoms with E-state index < -0.39 is 10.0 Å². The lowest BCUT2D eigenvalue weighted by Gasteiger charge is -2.10. The summed E-state index contributed by atoms with van der Waals surface area (Å²) in [6, 6.07) is 2.96. The zero-order valence-corrected chi connectivity index (χ0v) is 10.1. The molecule has 3 N–H and O–H groups in total. The van der Waals surface area contributed by atoms with Crippen molar-refractivity contribution in [1.82, 2.24) is 9.71 Å². The van der Waals surface area contributed by atoms with Gasteiger partial charge in [-0.15, -0.1) is 0 Å². The van der Waals surface area contributed by atoms with Crippen LogP contribution in [0.25, 0.3) is 0 Å². The highest BCUT2D eigenvalue weighted by Crippen LogP contribution is 2.10. The Labute approximate surface area is 100 Å². The molecule has 0 spiro atoms. The molecule has 1 aromatic heterocycles. The van der Waals surface area contributed by atoms with Crippen molar-refractivity contribution >= 4 is 10.0 Å². The summed E-state index contributed by atoms with van der Waals surface area (Å²) in [4.78, 5) is 3.89. The SMILES string of the molecule is NCc1ccc(S(=O)(=O)NC2CCOC2)nc1. The minimum atomic E-state index is -3.55. The highest BCUT2D eigenvalue weighted by molar-refractivity contribution is 7.89. The Morgan fingerprint density at radius 2 is 2.35 bits per heavy atom. The number of hydrogen-bond acceptors (Lipinski definition) is 5. The maximum Gasteiger partial charge on any atom is 0.258 e. The predicted molar refractivity (Wildman–Crippen MR) is 61.7 cm³/mol. The van der Waals surface area contributed by atoms with Crippen molar-refractivity contribution < 1.29 is 13.2 Å². The fourth-order valence-electron chi connectivity index (χ4n) is 1.60. The van der Waals surface area contributed by atoms with Crippen molar-refractivity contribution in [2.45, 2.75) is 24.0 Å². The number of rotatable bonds is 4. The van der Waals surface area contributed by atoms with Crippen molar-refractivity contribution in [3.05, 3.63) is 23.9 Å². The van der Waals surface area contributed by atoms with Gasteiger partial charge in [0.15, 0.2) is 5.03 Å². The van der Waals surface area contributed by atoms with Gasteiger partial charge < -0.3 is 10.5 Å². The fraction of sp³-hybridized carbons (Fsp3) is 0.500. The minimum absolute atomic E-state index is 0.0154. The van der Waals surface area contributed by atoms with Crippen molar-refractivity contribution in [2.24, 2.45) is 5.73 Å². The average Bonchev–Trinajstić information content (AvgIpc) is 2.81. The molecule has 6 nitrogen and oxygen atoms in total. The zero-order valence-electron chi connectivity index (χ0n) is 9.30. The van der Waals surface area contributed by atoms with Gasteiger partial charge in [0.05, 0.1) is 6.61 Å². The second kappa shape index (κ2) is 5.09. The van der Waals surface area contributed by atoms with Crippen LogP contribution < -0.4 is 10.5 Å². The molecule has 1 unspecified atom stereocenters. The normalized spacial score (nSPS) is 20.6. The Bertz CT molecular complexity index is 466. The van der Waals surface area contributed by atoms with E-state index in [1.165, 1.54) is 12.3 Å².